The van der Waals surface area contributed by atoms with Gasteiger partial charge in [-0.15, -0.1) is 0 Å². The fourth-order valence-electron chi connectivity index (χ4n) is 1.27. The molecule has 0 aliphatic carbocycles. The first-order valence-corrected chi connectivity index (χ1v) is 5.91. The molecule has 1 aromatic carbocycles. The summed E-state index contributed by atoms with van der Waals surface area (Å²) < 4.78 is 0. The van der Waals surface area contributed by atoms with Crippen molar-refractivity contribution in [2.45, 2.75) is 6.42 Å². The molecule has 0 saturated carbocycles. The lowest BCUT2D eigenvalue weighted by Crippen LogP contribution is -2.03. The number of hydrogen-bond donors (Lipinski definition) is 1. The van der Waals surface area contributed by atoms with Crippen molar-refractivity contribution in [3.63, 3.8) is 0 Å². The first-order valence-electron chi connectivity index (χ1n) is 4.76. The number of nitro groups is 1. The third-order valence-electron chi connectivity index (χ3n) is 1.97. The van der Waals surface area contributed by atoms with Crippen LogP contribution in [0, 0.1) is 10.1 Å². The summed E-state index contributed by atoms with van der Waals surface area (Å²) in [5.41, 5.74) is 6.37. The van der Waals surface area contributed by atoms with Crippen LogP contribution in [0.3, 0.4) is 0 Å². The Balaban J connectivity index is 2.56. The summed E-state index contributed by atoms with van der Waals surface area (Å²) in [5.74, 6) is 1.78. The molecular formula is C10H14N2O2S. The van der Waals surface area contributed by atoms with E-state index >= 15 is 0 Å². The zero-order valence-electron chi connectivity index (χ0n) is 8.39. The number of aryl methyl sites for hydroxylation is 1. The van der Waals surface area contributed by atoms with E-state index < -0.39 is 0 Å². The molecule has 1 rings (SSSR count). The summed E-state index contributed by atoms with van der Waals surface area (Å²) in [7, 11) is 0. The maximum atomic E-state index is 10.7. The van der Waals surface area contributed by atoms with E-state index in [0.29, 0.717) is 6.54 Å². The molecule has 82 valence electrons. The van der Waals surface area contributed by atoms with Crippen molar-refractivity contribution in [3.8, 4) is 0 Å². The zero-order chi connectivity index (χ0) is 11.1. The van der Waals surface area contributed by atoms with E-state index in [1.165, 1.54) is 0 Å². The fourth-order valence-corrected chi connectivity index (χ4v) is 2.00. The summed E-state index contributed by atoms with van der Waals surface area (Å²) in [6, 6.07) is 6.87. The van der Waals surface area contributed by atoms with Crippen LogP contribution in [0.15, 0.2) is 24.3 Å². The van der Waals surface area contributed by atoms with Crippen molar-refractivity contribution >= 4 is 17.4 Å². The molecule has 0 unspecified atom stereocenters. The minimum atomic E-state index is -0.330. The van der Waals surface area contributed by atoms with Crippen LogP contribution in [-0.4, -0.2) is 23.0 Å². The van der Waals surface area contributed by atoms with Crippen molar-refractivity contribution < 1.29 is 4.92 Å². The van der Waals surface area contributed by atoms with Crippen LogP contribution in [0.2, 0.25) is 0 Å². The second-order valence-corrected chi connectivity index (χ2v) is 4.26. The summed E-state index contributed by atoms with van der Waals surface area (Å²) in [6.45, 7) is 0.654. The lowest BCUT2D eigenvalue weighted by Gasteiger charge is -2.02. The van der Waals surface area contributed by atoms with Gasteiger partial charge in [0.1, 0.15) is 0 Å². The first kappa shape index (κ1) is 12.0. The Morgan fingerprint density at radius 3 is 2.73 bits per heavy atom. The molecule has 15 heavy (non-hydrogen) atoms. The molecule has 2 N–H and O–H groups in total. The van der Waals surface area contributed by atoms with Gasteiger partial charge in [0.2, 0.25) is 0 Å². The summed E-state index contributed by atoms with van der Waals surface area (Å²) >= 11 is 1.72. The second kappa shape index (κ2) is 6.42. The van der Waals surface area contributed by atoms with Gasteiger partial charge in [0.25, 0.3) is 5.69 Å². The van der Waals surface area contributed by atoms with E-state index in [4.69, 9.17) is 5.73 Å². The molecule has 0 fully saturated rings. The monoisotopic (exact) mass is 226 g/mol. The Bertz CT molecular complexity index is 331. The van der Waals surface area contributed by atoms with Crippen molar-refractivity contribution in [1.82, 2.24) is 0 Å². The van der Waals surface area contributed by atoms with Crippen LogP contribution in [0.4, 0.5) is 5.69 Å². The number of rotatable bonds is 6. The van der Waals surface area contributed by atoms with Gasteiger partial charge in [-0.2, -0.15) is 11.8 Å². The molecule has 0 radical (unpaired) electrons. The molecule has 0 aliphatic rings. The summed E-state index contributed by atoms with van der Waals surface area (Å²) in [6.07, 6.45) is 0.724. The molecular weight excluding hydrogens is 212 g/mol. The number of para-hydroxylation sites is 1. The van der Waals surface area contributed by atoms with Crippen molar-refractivity contribution in [1.29, 1.82) is 0 Å². The number of benzene rings is 1. The van der Waals surface area contributed by atoms with E-state index in [1.807, 2.05) is 6.07 Å². The van der Waals surface area contributed by atoms with Gasteiger partial charge in [-0.1, -0.05) is 18.2 Å². The average molecular weight is 226 g/mol. The standard InChI is InChI=1S/C10H14N2O2S/c11-6-8-15-7-5-9-3-1-2-4-10(9)12(13)14/h1-4H,5-8,11H2. The third kappa shape index (κ3) is 3.89. The van der Waals surface area contributed by atoms with Gasteiger partial charge in [-0.3, -0.25) is 10.1 Å². The van der Waals surface area contributed by atoms with Gasteiger partial charge in [0.05, 0.1) is 4.92 Å². The lowest BCUT2D eigenvalue weighted by molar-refractivity contribution is -0.385. The molecule has 0 amide bonds. The maximum Gasteiger partial charge on any atom is 0.272 e. The number of nitrogens with two attached hydrogens (primary N) is 1. The van der Waals surface area contributed by atoms with Crippen molar-refractivity contribution in [3.05, 3.63) is 39.9 Å². The maximum absolute atomic E-state index is 10.7. The Morgan fingerprint density at radius 1 is 1.33 bits per heavy atom. The molecule has 5 heteroatoms. The topological polar surface area (TPSA) is 69.2 Å². The highest BCUT2D eigenvalue weighted by atomic mass is 32.2. The van der Waals surface area contributed by atoms with Crippen LogP contribution >= 0.6 is 11.8 Å². The lowest BCUT2D eigenvalue weighted by atomic mass is 10.1. The van der Waals surface area contributed by atoms with E-state index in [1.54, 1.807) is 30.0 Å². The summed E-state index contributed by atoms with van der Waals surface area (Å²) in [4.78, 5) is 10.4. The number of nitro benzene ring substituents is 1. The predicted octanol–water partition coefficient (Wildman–Crippen LogP) is 1.83. The van der Waals surface area contributed by atoms with Crippen LogP contribution in [0.25, 0.3) is 0 Å². The third-order valence-corrected chi connectivity index (χ3v) is 2.98. The molecule has 0 bridgehead atoms. The number of nitrogens with zero attached hydrogens (tertiary/aromatic N) is 1. The minimum absolute atomic E-state index is 0.214. The normalized spacial score (nSPS) is 10.2. The van der Waals surface area contributed by atoms with E-state index in [-0.39, 0.29) is 10.6 Å². The van der Waals surface area contributed by atoms with Gasteiger partial charge in [-0.25, -0.2) is 0 Å². The minimum Gasteiger partial charge on any atom is -0.330 e. The molecule has 1 aromatic rings. The average Bonchev–Trinajstić information content (AvgIpc) is 2.25. The molecule has 0 aromatic heterocycles. The Morgan fingerprint density at radius 2 is 2.07 bits per heavy atom. The second-order valence-electron chi connectivity index (χ2n) is 3.04. The quantitative estimate of drug-likeness (QED) is 0.456. The molecule has 0 aliphatic heterocycles. The highest BCUT2D eigenvalue weighted by Crippen LogP contribution is 2.19. The summed E-state index contributed by atoms with van der Waals surface area (Å²) in [5, 5.41) is 10.7. The van der Waals surface area contributed by atoms with Gasteiger partial charge in [-0.05, 0) is 12.2 Å². The highest BCUT2D eigenvalue weighted by Gasteiger charge is 2.11. The van der Waals surface area contributed by atoms with Gasteiger partial charge in [0, 0.05) is 23.9 Å². The van der Waals surface area contributed by atoms with Crippen LogP contribution < -0.4 is 5.73 Å². The molecule has 0 spiro atoms. The first-order chi connectivity index (χ1) is 7.25. The molecule has 0 saturated heterocycles. The molecule has 0 heterocycles. The van der Waals surface area contributed by atoms with Crippen LogP contribution in [0.1, 0.15) is 5.56 Å². The van der Waals surface area contributed by atoms with E-state index in [0.717, 1.165) is 23.5 Å². The Labute approximate surface area is 93.0 Å². The van der Waals surface area contributed by atoms with Crippen molar-refractivity contribution in [2.24, 2.45) is 5.73 Å². The Hall–Kier alpha value is -1.07. The highest BCUT2D eigenvalue weighted by molar-refractivity contribution is 7.99. The van der Waals surface area contributed by atoms with Gasteiger partial charge in [0.15, 0.2) is 0 Å². The predicted molar refractivity (Wildman–Crippen MR) is 63.2 cm³/mol. The van der Waals surface area contributed by atoms with Gasteiger partial charge < -0.3 is 5.73 Å². The number of hydrogen-bond acceptors (Lipinski definition) is 4. The number of thioether (sulfide) groups is 1. The smallest absolute Gasteiger partial charge is 0.272 e. The fraction of sp³-hybridized carbons (Fsp3) is 0.400. The van der Waals surface area contributed by atoms with E-state index in [9.17, 15) is 10.1 Å². The van der Waals surface area contributed by atoms with Crippen LogP contribution in [0.5, 0.6) is 0 Å². The molecule has 0 atom stereocenters. The van der Waals surface area contributed by atoms with Crippen molar-refractivity contribution in [2.75, 3.05) is 18.1 Å². The van der Waals surface area contributed by atoms with Crippen LogP contribution in [-0.2, 0) is 6.42 Å². The SMILES string of the molecule is NCCSCCc1ccccc1[N+](=O)[O-]. The largest absolute Gasteiger partial charge is 0.330 e. The van der Waals surface area contributed by atoms with Gasteiger partial charge >= 0.3 is 0 Å². The van der Waals surface area contributed by atoms with E-state index in [2.05, 4.69) is 0 Å². The zero-order valence-corrected chi connectivity index (χ0v) is 9.20. The molecule has 4 nitrogen and oxygen atoms in total. The Kier molecular flexibility index (Phi) is 5.14.